The summed E-state index contributed by atoms with van der Waals surface area (Å²) in [6, 6.07) is 15.8. The monoisotopic (exact) mass is 294 g/mol. The molecule has 0 fully saturated rings. The molecule has 0 amide bonds. The average molecular weight is 294 g/mol. The summed E-state index contributed by atoms with van der Waals surface area (Å²) in [5, 5.41) is 0. The highest BCUT2D eigenvalue weighted by Crippen LogP contribution is 2.16. The molecule has 22 heavy (non-hydrogen) atoms. The maximum absolute atomic E-state index is 11.2. The van der Waals surface area contributed by atoms with Crippen LogP contribution < -0.4 is 4.74 Å². The lowest BCUT2D eigenvalue weighted by Gasteiger charge is -2.09. The summed E-state index contributed by atoms with van der Waals surface area (Å²) >= 11 is 0. The second-order valence-corrected chi connectivity index (χ2v) is 5.25. The van der Waals surface area contributed by atoms with Crippen LogP contribution in [0.1, 0.15) is 22.6 Å². The van der Waals surface area contributed by atoms with E-state index in [0.29, 0.717) is 19.0 Å². The van der Waals surface area contributed by atoms with Gasteiger partial charge in [-0.05, 0) is 43.2 Å². The fourth-order valence-electron chi connectivity index (χ4n) is 2.54. The Bertz CT molecular complexity index is 793. The minimum atomic E-state index is 0.469. The van der Waals surface area contributed by atoms with Gasteiger partial charge in [0.15, 0.2) is 12.1 Å². The molecule has 3 aromatic rings. The maximum atomic E-state index is 11.2. The number of nitrogens with zero attached hydrogens (tertiary/aromatic N) is 2. The van der Waals surface area contributed by atoms with E-state index in [-0.39, 0.29) is 0 Å². The first-order valence-corrected chi connectivity index (χ1v) is 7.38. The van der Waals surface area contributed by atoms with Crippen LogP contribution in [0.15, 0.2) is 48.5 Å². The molecule has 0 saturated carbocycles. The molecule has 0 saturated heterocycles. The Hall–Kier alpha value is -2.62. The summed E-state index contributed by atoms with van der Waals surface area (Å²) in [5.41, 5.74) is 3.02. The largest absolute Gasteiger partial charge is 0.494 e. The molecule has 0 radical (unpaired) electrons. The van der Waals surface area contributed by atoms with Crippen molar-refractivity contribution in [2.75, 3.05) is 6.61 Å². The highest BCUT2D eigenvalue weighted by Gasteiger charge is 2.08. The van der Waals surface area contributed by atoms with E-state index in [0.717, 1.165) is 29.5 Å². The van der Waals surface area contributed by atoms with Gasteiger partial charge < -0.3 is 9.30 Å². The van der Waals surface area contributed by atoms with Gasteiger partial charge in [0.05, 0.1) is 17.6 Å². The zero-order valence-electron chi connectivity index (χ0n) is 12.5. The summed E-state index contributed by atoms with van der Waals surface area (Å²) in [5.74, 6) is 1.35. The van der Waals surface area contributed by atoms with E-state index in [1.165, 1.54) is 5.56 Å². The second-order valence-electron chi connectivity index (χ2n) is 5.25. The Morgan fingerprint density at radius 3 is 2.86 bits per heavy atom. The second kappa shape index (κ2) is 6.43. The molecule has 0 unspecified atom stereocenters. The lowest BCUT2D eigenvalue weighted by molar-refractivity contribution is 0.111. The number of hydrogen-bond donors (Lipinski definition) is 0. The van der Waals surface area contributed by atoms with Crippen molar-refractivity contribution in [2.45, 2.75) is 19.9 Å². The van der Waals surface area contributed by atoms with Gasteiger partial charge in [0, 0.05) is 6.54 Å². The van der Waals surface area contributed by atoms with Crippen LogP contribution in [0.5, 0.6) is 5.75 Å². The minimum absolute atomic E-state index is 0.469. The van der Waals surface area contributed by atoms with E-state index in [2.05, 4.69) is 4.98 Å². The lowest BCUT2D eigenvalue weighted by atomic mass is 10.2. The van der Waals surface area contributed by atoms with Crippen molar-refractivity contribution in [3.05, 3.63) is 59.9 Å². The first-order valence-electron chi connectivity index (χ1n) is 7.38. The van der Waals surface area contributed by atoms with Gasteiger partial charge in [0.2, 0.25) is 0 Å². The van der Waals surface area contributed by atoms with E-state index in [1.807, 2.05) is 60.0 Å². The average Bonchev–Trinajstić information content (AvgIpc) is 2.89. The highest BCUT2D eigenvalue weighted by molar-refractivity contribution is 5.82. The number of ether oxygens (including phenoxy) is 1. The minimum Gasteiger partial charge on any atom is -0.494 e. The summed E-state index contributed by atoms with van der Waals surface area (Å²) < 4.78 is 7.69. The smallest absolute Gasteiger partial charge is 0.185 e. The number of carbonyl (C=O) groups excluding carboxylic acids is 1. The molecule has 0 bridgehead atoms. The molecule has 1 aromatic heterocycles. The van der Waals surface area contributed by atoms with Crippen LogP contribution in [0.25, 0.3) is 11.0 Å². The number of rotatable bonds is 6. The summed E-state index contributed by atoms with van der Waals surface area (Å²) in [6.45, 7) is 3.36. The summed E-state index contributed by atoms with van der Waals surface area (Å²) in [7, 11) is 0. The van der Waals surface area contributed by atoms with Gasteiger partial charge in [-0.1, -0.05) is 24.3 Å². The summed E-state index contributed by atoms with van der Waals surface area (Å²) in [6.07, 6.45) is 1.62. The Morgan fingerprint density at radius 2 is 2.05 bits per heavy atom. The van der Waals surface area contributed by atoms with Crippen molar-refractivity contribution in [1.82, 2.24) is 9.55 Å². The van der Waals surface area contributed by atoms with Gasteiger partial charge in [-0.2, -0.15) is 0 Å². The van der Waals surface area contributed by atoms with Crippen molar-refractivity contribution < 1.29 is 9.53 Å². The number of aryl methyl sites for hydroxylation is 2. The van der Waals surface area contributed by atoms with Crippen molar-refractivity contribution in [3.8, 4) is 5.75 Å². The van der Waals surface area contributed by atoms with Gasteiger partial charge in [0.25, 0.3) is 0 Å². The molecule has 0 spiro atoms. The number of hydrogen-bond acceptors (Lipinski definition) is 3. The molecule has 3 rings (SSSR count). The molecule has 0 N–H and O–H groups in total. The molecule has 4 heteroatoms. The van der Waals surface area contributed by atoms with Crippen LogP contribution in [0, 0.1) is 6.92 Å². The SMILES string of the molecule is Cc1cccc(OCCCn2c(C=O)nc3ccccc32)c1. The van der Waals surface area contributed by atoms with Gasteiger partial charge in [-0.25, -0.2) is 4.98 Å². The Morgan fingerprint density at radius 1 is 1.18 bits per heavy atom. The molecule has 0 atom stereocenters. The molecule has 1 heterocycles. The van der Waals surface area contributed by atoms with Gasteiger partial charge in [0.1, 0.15) is 5.75 Å². The number of fused-ring (bicyclic) bond motifs is 1. The maximum Gasteiger partial charge on any atom is 0.185 e. The molecule has 0 aliphatic heterocycles. The third-order valence-corrected chi connectivity index (χ3v) is 3.57. The van der Waals surface area contributed by atoms with Crippen LogP contribution >= 0.6 is 0 Å². The molecular formula is C18H18N2O2. The van der Waals surface area contributed by atoms with Crippen LogP contribution in [0.2, 0.25) is 0 Å². The summed E-state index contributed by atoms with van der Waals surface area (Å²) in [4.78, 5) is 15.5. The van der Waals surface area contributed by atoms with Crippen molar-refractivity contribution in [1.29, 1.82) is 0 Å². The predicted molar refractivity (Wildman–Crippen MR) is 86.4 cm³/mol. The normalized spacial score (nSPS) is 10.8. The molecule has 0 aliphatic carbocycles. The van der Waals surface area contributed by atoms with Crippen LogP contribution in [0.3, 0.4) is 0 Å². The van der Waals surface area contributed by atoms with Crippen molar-refractivity contribution in [2.24, 2.45) is 0 Å². The number of imidazole rings is 1. The number of aromatic nitrogens is 2. The predicted octanol–water partition coefficient (Wildman–Crippen LogP) is 3.63. The zero-order valence-corrected chi connectivity index (χ0v) is 12.5. The Labute approximate surface area is 129 Å². The van der Waals surface area contributed by atoms with E-state index < -0.39 is 0 Å². The van der Waals surface area contributed by atoms with Crippen molar-refractivity contribution in [3.63, 3.8) is 0 Å². The van der Waals surface area contributed by atoms with Gasteiger partial charge >= 0.3 is 0 Å². The van der Waals surface area contributed by atoms with E-state index >= 15 is 0 Å². The van der Waals surface area contributed by atoms with Gasteiger partial charge in [-0.15, -0.1) is 0 Å². The third kappa shape index (κ3) is 3.01. The van der Waals surface area contributed by atoms with E-state index in [9.17, 15) is 4.79 Å². The van der Waals surface area contributed by atoms with Crippen LogP contribution in [-0.2, 0) is 6.54 Å². The number of para-hydroxylation sites is 2. The fourth-order valence-corrected chi connectivity index (χ4v) is 2.54. The van der Waals surface area contributed by atoms with Crippen LogP contribution in [0.4, 0.5) is 0 Å². The van der Waals surface area contributed by atoms with Gasteiger partial charge in [-0.3, -0.25) is 4.79 Å². The molecule has 112 valence electrons. The Kier molecular flexibility index (Phi) is 4.19. The third-order valence-electron chi connectivity index (χ3n) is 3.57. The molecule has 0 aliphatic rings. The van der Waals surface area contributed by atoms with E-state index in [1.54, 1.807) is 0 Å². The fraction of sp³-hybridized carbons (Fsp3) is 0.222. The molecule has 4 nitrogen and oxygen atoms in total. The number of carbonyl (C=O) groups is 1. The quantitative estimate of drug-likeness (QED) is 0.515. The number of aldehydes is 1. The molecular weight excluding hydrogens is 276 g/mol. The standard InChI is InChI=1S/C18H18N2O2/c1-14-6-4-7-15(12-14)22-11-5-10-20-17-9-3-2-8-16(17)19-18(20)13-21/h2-4,6-9,12-13H,5,10-11H2,1H3. The number of benzene rings is 2. The van der Waals surface area contributed by atoms with Crippen LogP contribution in [-0.4, -0.2) is 22.4 Å². The first kappa shape index (κ1) is 14.3. The zero-order chi connectivity index (χ0) is 15.4. The highest BCUT2D eigenvalue weighted by atomic mass is 16.5. The van der Waals surface area contributed by atoms with Crippen molar-refractivity contribution >= 4 is 17.3 Å². The molecule has 2 aromatic carbocycles. The topological polar surface area (TPSA) is 44.1 Å². The Balaban J connectivity index is 1.65. The lowest BCUT2D eigenvalue weighted by Crippen LogP contribution is -2.07. The van der Waals surface area contributed by atoms with E-state index in [4.69, 9.17) is 4.74 Å². The first-order chi connectivity index (χ1) is 10.8.